The third-order valence-corrected chi connectivity index (χ3v) is 3.09. The van der Waals surface area contributed by atoms with Crippen LogP contribution in [0.5, 0.6) is 0 Å². The van der Waals surface area contributed by atoms with Crippen molar-refractivity contribution in [3.63, 3.8) is 0 Å². The number of carbonyl (C=O) groups excluding carboxylic acids is 2. The number of nitrogens with two attached hydrogens (primary N) is 1. The molecular formula is C13H16N2O3S. The van der Waals surface area contributed by atoms with Crippen LogP contribution in [0.3, 0.4) is 0 Å². The van der Waals surface area contributed by atoms with E-state index in [1.165, 1.54) is 18.9 Å². The molecule has 0 saturated carbocycles. The monoisotopic (exact) mass is 280 g/mol. The maximum atomic E-state index is 11.4. The van der Waals surface area contributed by atoms with E-state index in [-0.39, 0.29) is 16.5 Å². The number of pyridine rings is 1. The van der Waals surface area contributed by atoms with Crippen LogP contribution in [-0.4, -0.2) is 28.9 Å². The Morgan fingerprint density at radius 1 is 1.53 bits per heavy atom. The van der Waals surface area contributed by atoms with Crippen LogP contribution in [0.15, 0.2) is 18.3 Å². The summed E-state index contributed by atoms with van der Waals surface area (Å²) in [5.41, 5.74) is 6.62. The second-order valence-corrected chi connectivity index (χ2v) is 5.00. The largest absolute Gasteiger partial charge is 0.465 e. The van der Waals surface area contributed by atoms with Crippen molar-refractivity contribution < 1.29 is 14.3 Å². The fraction of sp³-hybridized carbons (Fsp3) is 0.308. The molecule has 1 rings (SSSR count). The zero-order valence-corrected chi connectivity index (χ0v) is 11.7. The quantitative estimate of drug-likeness (QED) is 0.657. The van der Waals surface area contributed by atoms with Gasteiger partial charge in [-0.1, -0.05) is 23.9 Å². The van der Waals surface area contributed by atoms with Crippen LogP contribution in [0.4, 0.5) is 5.82 Å². The Kier molecular flexibility index (Phi) is 6.08. The second kappa shape index (κ2) is 7.58. The van der Waals surface area contributed by atoms with E-state index in [1.54, 1.807) is 19.2 Å². The van der Waals surface area contributed by atoms with E-state index in [4.69, 9.17) is 5.73 Å². The number of nitrogen functional groups attached to an aromatic ring is 1. The molecule has 0 radical (unpaired) electrons. The topological polar surface area (TPSA) is 82.3 Å². The molecule has 0 atom stereocenters. The van der Waals surface area contributed by atoms with Crippen LogP contribution < -0.4 is 5.73 Å². The van der Waals surface area contributed by atoms with Gasteiger partial charge in [-0.3, -0.25) is 4.79 Å². The summed E-state index contributed by atoms with van der Waals surface area (Å²) < 4.78 is 4.62. The van der Waals surface area contributed by atoms with Gasteiger partial charge in [0.1, 0.15) is 11.4 Å². The molecule has 6 heteroatoms. The summed E-state index contributed by atoms with van der Waals surface area (Å²) >= 11 is 1.28. The zero-order chi connectivity index (χ0) is 14.3. The zero-order valence-electron chi connectivity index (χ0n) is 10.9. The Hall–Kier alpha value is -1.82. The van der Waals surface area contributed by atoms with Crippen LogP contribution >= 0.6 is 11.8 Å². The van der Waals surface area contributed by atoms with Crippen molar-refractivity contribution in [3.8, 4) is 0 Å². The third-order valence-electron chi connectivity index (χ3n) is 2.25. The summed E-state index contributed by atoms with van der Waals surface area (Å²) in [6, 6.07) is 1.63. The number of aromatic nitrogens is 1. The minimum absolute atomic E-state index is 0.107. The van der Waals surface area contributed by atoms with E-state index in [1.807, 2.05) is 12.2 Å². The lowest BCUT2D eigenvalue weighted by Gasteiger charge is -2.03. The fourth-order valence-electron chi connectivity index (χ4n) is 1.35. The number of hydrogen-bond acceptors (Lipinski definition) is 6. The number of methoxy groups -OCH3 is 1. The Morgan fingerprint density at radius 2 is 2.26 bits per heavy atom. The first-order valence-corrected chi connectivity index (χ1v) is 6.67. The van der Waals surface area contributed by atoms with E-state index >= 15 is 0 Å². The molecule has 5 nitrogen and oxygen atoms in total. The standard InChI is InChI=1S/C13H16N2O3S/c1-9(16)19-6-4-3-5-10-7-11(13(17)18-2)12(14)15-8-10/h3,5,7-8H,4,6H2,1-2H3,(H2,14,15). The van der Waals surface area contributed by atoms with Crippen molar-refractivity contribution in [2.24, 2.45) is 0 Å². The van der Waals surface area contributed by atoms with Gasteiger partial charge in [0, 0.05) is 18.9 Å². The molecule has 0 aliphatic heterocycles. The molecule has 0 aliphatic carbocycles. The van der Waals surface area contributed by atoms with Crippen molar-refractivity contribution in [2.45, 2.75) is 13.3 Å². The van der Waals surface area contributed by atoms with Gasteiger partial charge in [-0.2, -0.15) is 0 Å². The maximum absolute atomic E-state index is 11.4. The normalized spacial score (nSPS) is 10.6. The minimum atomic E-state index is -0.507. The van der Waals surface area contributed by atoms with E-state index in [2.05, 4.69) is 9.72 Å². The molecule has 1 aromatic rings. The Balaban J connectivity index is 2.66. The van der Waals surface area contributed by atoms with Gasteiger partial charge in [0.25, 0.3) is 0 Å². The van der Waals surface area contributed by atoms with E-state index in [0.29, 0.717) is 0 Å². The highest BCUT2D eigenvalue weighted by molar-refractivity contribution is 8.13. The average molecular weight is 280 g/mol. The molecule has 0 bridgehead atoms. The fourth-order valence-corrected chi connectivity index (χ4v) is 1.89. The van der Waals surface area contributed by atoms with E-state index < -0.39 is 5.97 Å². The first kappa shape index (κ1) is 15.2. The smallest absolute Gasteiger partial charge is 0.341 e. The first-order chi connectivity index (χ1) is 9.04. The Morgan fingerprint density at radius 3 is 2.89 bits per heavy atom. The summed E-state index contributed by atoms with van der Waals surface area (Å²) in [6.45, 7) is 1.54. The van der Waals surface area contributed by atoms with Crippen molar-refractivity contribution >= 4 is 34.7 Å². The number of ether oxygens (including phenoxy) is 1. The number of thioether (sulfide) groups is 1. The third kappa shape index (κ3) is 5.13. The van der Waals surface area contributed by atoms with Crippen molar-refractivity contribution in [1.29, 1.82) is 0 Å². The van der Waals surface area contributed by atoms with Crippen LogP contribution in [0.25, 0.3) is 6.08 Å². The highest BCUT2D eigenvalue weighted by Crippen LogP contribution is 2.14. The molecule has 0 aliphatic rings. The number of allylic oxidation sites excluding steroid dienone is 1. The van der Waals surface area contributed by atoms with Gasteiger partial charge < -0.3 is 10.5 Å². The molecular weight excluding hydrogens is 264 g/mol. The molecule has 0 unspecified atom stereocenters. The molecule has 2 N–H and O–H groups in total. The van der Waals surface area contributed by atoms with Gasteiger partial charge in [0.05, 0.1) is 7.11 Å². The number of anilines is 1. The molecule has 19 heavy (non-hydrogen) atoms. The van der Waals surface area contributed by atoms with Gasteiger partial charge in [-0.05, 0) is 18.1 Å². The van der Waals surface area contributed by atoms with Crippen LogP contribution in [-0.2, 0) is 9.53 Å². The van der Waals surface area contributed by atoms with Gasteiger partial charge in [-0.15, -0.1) is 0 Å². The summed E-state index contributed by atoms with van der Waals surface area (Å²) in [5.74, 6) is 0.376. The molecule has 0 aromatic carbocycles. The average Bonchev–Trinajstić information content (AvgIpc) is 2.39. The highest BCUT2D eigenvalue weighted by Gasteiger charge is 2.10. The number of esters is 1. The highest BCUT2D eigenvalue weighted by atomic mass is 32.2. The molecule has 0 spiro atoms. The van der Waals surface area contributed by atoms with Gasteiger partial charge in [-0.25, -0.2) is 9.78 Å². The molecule has 0 fully saturated rings. The summed E-state index contributed by atoms with van der Waals surface area (Å²) in [4.78, 5) is 26.1. The maximum Gasteiger partial charge on any atom is 0.341 e. The van der Waals surface area contributed by atoms with Crippen molar-refractivity contribution in [1.82, 2.24) is 4.98 Å². The lowest BCUT2D eigenvalue weighted by Crippen LogP contribution is -2.07. The summed E-state index contributed by atoms with van der Waals surface area (Å²) in [7, 11) is 1.29. The van der Waals surface area contributed by atoms with Crippen LogP contribution in [0.1, 0.15) is 29.3 Å². The summed E-state index contributed by atoms with van der Waals surface area (Å²) in [6.07, 6.45) is 6.10. The van der Waals surface area contributed by atoms with Crippen molar-refractivity contribution in [3.05, 3.63) is 29.5 Å². The Labute approximate surface area is 116 Å². The van der Waals surface area contributed by atoms with E-state index in [9.17, 15) is 9.59 Å². The van der Waals surface area contributed by atoms with Crippen LogP contribution in [0, 0.1) is 0 Å². The second-order valence-electron chi connectivity index (χ2n) is 3.72. The summed E-state index contributed by atoms with van der Waals surface area (Å²) in [5, 5.41) is 0.107. The molecule has 0 saturated heterocycles. The Bertz CT molecular complexity index is 501. The van der Waals surface area contributed by atoms with Gasteiger partial charge >= 0.3 is 5.97 Å². The first-order valence-electron chi connectivity index (χ1n) is 5.68. The molecule has 1 aromatic heterocycles. The molecule has 1 heterocycles. The minimum Gasteiger partial charge on any atom is -0.465 e. The SMILES string of the molecule is COC(=O)c1cc(C=CCCSC(C)=O)cnc1N. The number of carbonyl (C=O) groups is 2. The van der Waals surface area contributed by atoms with E-state index in [0.717, 1.165) is 17.7 Å². The molecule has 102 valence electrons. The number of hydrogen-bond donors (Lipinski definition) is 1. The van der Waals surface area contributed by atoms with Gasteiger partial charge in [0.2, 0.25) is 0 Å². The predicted molar refractivity (Wildman–Crippen MR) is 76.8 cm³/mol. The lowest BCUT2D eigenvalue weighted by molar-refractivity contribution is -0.109. The number of rotatable bonds is 5. The molecule has 0 amide bonds. The lowest BCUT2D eigenvalue weighted by atomic mass is 10.1. The van der Waals surface area contributed by atoms with Gasteiger partial charge in [0.15, 0.2) is 5.12 Å². The van der Waals surface area contributed by atoms with Crippen molar-refractivity contribution in [2.75, 3.05) is 18.6 Å². The van der Waals surface area contributed by atoms with Crippen LogP contribution in [0.2, 0.25) is 0 Å². The number of nitrogens with zero attached hydrogens (tertiary/aromatic N) is 1. The predicted octanol–water partition coefficient (Wildman–Crippen LogP) is 2.13.